The van der Waals surface area contributed by atoms with Gasteiger partial charge in [-0.2, -0.15) is 0 Å². The van der Waals surface area contributed by atoms with Crippen molar-refractivity contribution < 1.29 is 13.6 Å². The number of carbonyl (C=O) groups excluding carboxylic acids is 1. The van der Waals surface area contributed by atoms with Crippen LogP contribution in [0.4, 0.5) is 19.4 Å². The maximum Gasteiger partial charge on any atom is 0.323 e. The Hall–Kier alpha value is -3.20. The smallest absolute Gasteiger partial charge is 0.318 e. The van der Waals surface area contributed by atoms with Crippen molar-refractivity contribution in [3.05, 3.63) is 49.1 Å². The molecule has 3 atom stereocenters. The minimum absolute atomic E-state index is 0.0313. The summed E-state index contributed by atoms with van der Waals surface area (Å²) in [6.07, 6.45) is 7.57. The second-order valence-electron chi connectivity index (χ2n) is 8.41. The van der Waals surface area contributed by atoms with E-state index in [-0.39, 0.29) is 30.7 Å². The van der Waals surface area contributed by atoms with Gasteiger partial charge in [0.25, 0.3) is 6.43 Å². The van der Waals surface area contributed by atoms with Gasteiger partial charge in [-0.05, 0) is 43.2 Å². The highest BCUT2D eigenvalue weighted by Gasteiger charge is 2.43. The molecule has 2 amide bonds. The van der Waals surface area contributed by atoms with E-state index in [9.17, 15) is 13.6 Å². The first kappa shape index (κ1) is 20.7. The minimum Gasteiger partial charge on any atom is -0.318 e. The van der Waals surface area contributed by atoms with Crippen molar-refractivity contribution in [1.29, 1.82) is 0 Å². The van der Waals surface area contributed by atoms with Gasteiger partial charge < -0.3 is 10.2 Å². The van der Waals surface area contributed by atoms with Crippen LogP contribution >= 0.6 is 0 Å². The molecule has 0 aliphatic carbocycles. The van der Waals surface area contributed by atoms with E-state index in [0.29, 0.717) is 18.7 Å². The van der Waals surface area contributed by atoms with Crippen LogP contribution in [-0.4, -0.2) is 57.0 Å². The van der Waals surface area contributed by atoms with Crippen molar-refractivity contribution in [1.82, 2.24) is 25.2 Å². The second-order valence-corrected chi connectivity index (χ2v) is 8.41. The SMILES string of the molecule is O=C(Nc1cc2cc(-c3cnccn3)ccc2cn1)N1[C@@H]2CC[C@H]1C[C@H](NCC(F)F)C2. The molecule has 4 heterocycles. The average Bonchev–Trinajstić information content (AvgIpc) is 3.08. The number of hydrogen-bond acceptors (Lipinski definition) is 5. The fraction of sp³-hybridized carbons (Fsp3) is 0.391. The van der Waals surface area contributed by atoms with E-state index in [1.807, 2.05) is 29.2 Å². The summed E-state index contributed by atoms with van der Waals surface area (Å²) >= 11 is 0. The van der Waals surface area contributed by atoms with Crippen molar-refractivity contribution in [2.75, 3.05) is 11.9 Å². The maximum atomic E-state index is 13.0. The first-order chi connectivity index (χ1) is 15.6. The molecule has 7 nitrogen and oxygen atoms in total. The monoisotopic (exact) mass is 438 g/mol. The molecule has 2 fully saturated rings. The van der Waals surface area contributed by atoms with E-state index in [1.54, 1.807) is 24.8 Å². The molecule has 2 aliphatic rings. The molecule has 2 aliphatic heterocycles. The van der Waals surface area contributed by atoms with Gasteiger partial charge in [0.05, 0.1) is 18.4 Å². The summed E-state index contributed by atoms with van der Waals surface area (Å²) in [7, 11) is 0. The molecule has 1 aromatic carbocycles. The van der Waals surface area contributed by atoms with E-state index in [4.69, 9.17) is 0 Å². The topological polar surface area (TPSA) is 83.0 Å². The second kappa shape index (κ2) is 8.74. The average molecular weight is 438 g/mol. The molecule has 0 radical (unpaired) electrons. The van der Waals surface area contributed by atoms with Gasteiger partial charge in [-0.3, -0.25) is 15.3 Å². The first-order valence-corrected chi connectivity index (χ1v) is 10.8. The number of hydrogen-bond donors (Lipinski definition) is 2. The van der Waals surface area contributed by atoms with E-state index in [1.165, 1.54) is 0 Å². The molecular weight excluding hydrogens is 414 g/mol. The Kier molecular flexibility index (Phi) is 5.65. The molecular formula is C23H24F2N6O. The van der Waals surface area contributed by atoms with Gasteiger partial charge >= 0.3 is 6.03 Å². The lowest BCUT2D eigenvalue weighted by molar-refractivity contribution is 0.115. The number of alkyl halides is 2. The fourth-order valence-electron chi connectivity index (χ4n) is 4.92. The summed E-state index contributed by atoms with van der Waals surface area (Å²) in [6, 6.07) is 7.77. The van der Waals surface area contributed by atoms with Crippen LogP contribution in [0.3, 0.4) is 0 Å². The number of carbonyl (C=O) groups is 1. The Balaban J connectivity index is 1.30. The highest BCUT2D eigenvalue weighted by Crippen LogP contribution is 2.36. The number of fused-ring (bicyclic) bond motifs is 3. The van der Waals surface area contributed by atoms with E-state index >= 15 is 0 Å². The predicted octanol–water partition coefficient (Wildman–Crippen LogP) is 4.07. The van der Waals surface area contributed by atoms with Crippen LogP contribution < -0.4 is 10.6 Å². The third-order valence-electron chi connectivity index (χ3n) is 6.34. The molecule has 2 N–H and O–H groups in total. The maximum absolute atomic E-state index is 13.0. The zero-order chi connectivity index (χ0) is 22.1. The molecule has 5 rings (SSSR count). The number of anilines is 1. The van der Waals surface area contributed by atoms with Gasteiger partial charge in [0, 0.05) is 47.7 Å². The number of nitrogens with zero attached hydrogens (tertiary/aromatic N) is 4. The molecule has 0 saturated carbocycles. The number of rotatable bonds is 5. The van der Waals surface area contributed by atoms with E-state index in [0.717, 1.165) is 34.9 Å². The normalized spacial score (nSPS) is 22.5. The van der Waals surface area contributed by atoms with Crippen LogP contribution in [-0.2, 0) is 0 Å². The largest absolute Gasteiger partial charge is 0.323 e. The minimum atomic E-state index is -2.36. The molecule has 3 aromatic rings. The standard InChI is InChI=1S/C23H24F2N6O/c24-21(25)13-28-17-9-18-3-4-19(10-17)31(18)23(32)30-22-8-16-7-14(1-2-15(16)11-29-22)20-12-26-5-6-27-20/h1-2,5-8,11-12,17-19,21,28H,3-4,9-10,13H2,(H,29,30,32)/t17-,18-,19+. The van der Waals surface area contributed by atoms with Crippen LogP contribution in [0.25, 0.3) is 22.0 Å². The summed E-state index contributed by atoms with van der Waals surface area (Å²) in [5.41, 5.74) is 1.71. The van der Waals surface area contributed by atoms with Crippen LogP contribution in [0.1, 0.15) is 25.7 Å². The molecule has 2 bridgehead atoms. The summed E-state index contributed by atoms with van der Waals surface area (Å²) in [5.74, 6) is 0.483. The van der Waals surface area contributed by atoms with Crippen LogP contribution in [0.2, 0.25) is 0 Å². The van der Waals surface area contributed by atoms with Gasteiger partial charge in [-0.25, -0.2) is 18.6 Å². The molecule has 2 saturated heterocycles. The number of urea groups is 1. The third-order valence-corrected chi connectivity index (χ3v) is 6.34. The van der Waals surface area contributed by atoms with Crippen molar-refractivity contribution in [3.8, 4) is 11.3 Å². The van der Waals surface area contributed by atoms with Gasteiger partial charge in [0.15, 0.2) is 0 Å². The number of amides is 2. The number of nitrogens with one attached hydrogen (secondary N) is 2. The highest BCUT2D eigenvalue weighted by atomic mass is 19.3. The molecule has 0 unspecified atom stereocenters. The van der Waals surface area contributed by atoms with Crippen molar-refractivity contribution in [2.24, 2.45) is 0 Å². The van der Waals surface area contributed by atoms with Gasteiger partial charge in [0.1, 0.15) is 5.82 Å². The van der Waals surface area contributed by atoms with Crippen LogP contribution in [0.5, 0.6) is 0 Å². The fourth-order valence-corrected chi connectivity index (χ4v) is 4.92. The molecule has 32 heavy (non-hydrogen) atoms. The van der Waals surface area contributed by atoms with Gasteiger partial charge in [0.2, 0.25) is 0 Å². The first-order valence-electron chi connectivity index (χ1n) is 10.8. The Morgan fingerprint density at radius 2 is 1.88 bits per heavy atom. The summed E-state index contributed by atoms with van der Waals surface area (Å²) in [6.45, 7) is -0.298. The van der Waals surface area contributed by atoms with Gasteiger partial charge in [-0.15, -0.1) is 0 Å². The lowest BCUT2D eigenvalue weighted by atomic mass is 9.97. The Bertz CT molecular complexity index is 1100. The lowest BCUT2D eigenvalue weighted by Gasteiger charge is -2.39. The number of piperidine rings is 1. The van der Waals surface area contributed by atoms with Crippen LogP contribution in [0, 0.1) is 0 Å². The summed E-state index contributed by atoms with van der Waals surface area (Å²) in [4.78, 5) is 27.8. The Morgan fingerprint density at radius 3 is 2.59 bits per heavy atom. The van der Waals surface area contributed by atoms with E-state index < -0.39 is 6.43 Å². The molecule has 166 valence electrons. The van der Waals surface area contributed by atoms with Crippen molar-refractivity contribution in [2.45, 2.75) is 50.2 Å². The van der Waals surface area contributed by atoms with Crippen molar-refractivity contribution in [3.63, 3.8) is 0 Å². The van der Waals surface area contributed by atoms with E-state index in [2.05, 4.69) is 25.6 Å². The Morgan fingerprint density at radius 1 is 1.06 bits per heavy atom. The lowest BCUT2D eigenvalue weighted by Crippen LogP contribution is -2.53. The quantitative estimate of drug-likeness (QED) is 0.627. The molecule has 0 spiro atoms. The number of benzene rings is 1. The van der Waals surface area contributed by atoms with Crippen molar-refractivity contribution >= 4 is 22.6 Å². The molecule has 9 heteroatoms. The number of aromatic nitrogens is 3. The predicted molar refractivity (Wildman–Crippen MR) is 117 cm³/mol. The zero-order valence-electron chi connectivity index (χ0n) is 17.4. The highest BCUT2D eigenvalue weighted by molar-refractivity contribution is 5.93. The summed E-state index contributed by atoms with van der Waals surface area (Å²) < 4.78 is 25.1. The zero-order valence-corrected chi connectivity index (χ0v) is 17.4. The Labute approximate surface area is 184 Å². The van der Waals surface area contributed by atoms with Gasteiger partial charge in [-0.1, -0.05) is 12.1 Å². The van der Waals surface area contributed by atoms with Crippen LogP contribution in [0.15, 0.2) is 49.1 Å². The number of pyridine rings is 1. The third kappa shape index (κ3) is 4.25. The summed E-state index contributed by atoms with van der Waals surface area (Å²) in [5, 5.41) is 7.78. The number of halogens is 2. The molecule has 2 aromatic heterocycles.